The summed E-state index contributed by atoms with van der Waals surface area (Å²) < 4.78 is 69.0. The average Bonchev–Trinajstić information content (AvgIpc) is 2.78. The summed E-state index contributed by atoms with van der Waals surface area (Å²) in [6.07, 6.45) is -1.99. The van der Waals surface area contributed by atoms with Crippen LogP contribution in [0.25, 0.3) is 5.69 Å². The van der Waals surface area contributed by atoms with Crippen molar-refractivity contribution in [2.24, 2.45) is 0 Å². The first-order valence-corrected chi connectivity index (χ1v) is 12.7. The Hall–Kier alpha value is -3.03. The highest BCUT2D eigenvalue weighted by atomic mass is 32.2. The van der Waals surface area contributed by atoms with Gasteiger partial charge in [-0.3, -0.25) is 13.9 Å². The van der Waals surface area contributed by atoms with Gasteiger partial charge in [0.2, 0.25) is 0 Å². The Morgan fingerprint density at radius 2 is 1.76 bits per heavy atom. The fourth-order valence-electron chi connectivity index (χ4n) is 3.01. The second-order valence-corrected chi connectivity index (χ2v) is 10.2. The summed E-state index contributed by atoms with van der Waals surface area (Å²) in [6, 6.07) is 9.61. The molecule has 0 radical (unpaired) electrons. The summed E-state index contributed by atoms with van der Waals surface area (Å²) in [5, 5.41) is 0.0719. The van der Waals surface area contributed by atoms with Crippen LogP contribution in [0.3, 0.4) is 0 Å². The predicted molar refractivity (Wildman–Crippen MR) is 126 cm³/mol. The van der Waals surface area contributed by atoms with E-state index < -0.39 is 25.3 Å². The molecule has 0 fully saturated rings. The van der Waals surface area contributed by atoms with Crippen LogP contribution in [0.4, 0.5) is 13.2 Å². The first-order valence-electron chi connectivity index (χ1n) is 10.3. The minimum absolute atomic E-state index is 0.0719. The van der Waals surface area contributed by atoms with Gasteiger partial charge in [-0.05, 0) is 50.2 Å². The van der Waals surface area contributed by atoms with E-state index in [2.05, 4.69) is 9.72 Å². The zero-order valence-corrected chi connectivity index (χ0v) is 21.3. The number of nitrogens with zero attached hydrogens (tertiary/aromatic N) is 2. The molecule has 0 aliphatic heterocycles. The van der Waals surface area contributed by atoms with E-state index in [0.717, 1.165) is 23.9 Å². The Balaban J connectivity index is 1.80. The molecule has 0 saturated carbocycles. The van der Waals surface area contributed by atoms with Crippen LogP contribution in [0.15, 0.2) is 69.6 Å². The molecule has 15 heteroatoms. The van der Waals surface area contributed by atoms with Crippen LogP contribution in [-0.4, -0.2) is 45.0 Å². The maximum Gasteiger partial charge on any atom is 0.573 e. The molecule has 0 saturated heterocycles. The lowest BCUT2D eigenvalue weighted by Gasteiger charge is -2.25. The Kier molecular flexibility index (Phi) is 8.60. The quantitative estimate of drug-likeness (QED) is 0.339. The van der Waals surface area contributed by atoms with Gasteiger partial charge in [0.05, 0.1) is 12.8 Å². The van der Waals surface area contributed by atoms with Gasteiger partial charge < -0.3 is 24.0 Å². The van der Waals surface area contributed by atoms with Gasteiger partial charge >= 0.3 is 14.2 Å². The Bertz CT molecular complexity index is 1340. The van der Waals surface area contributed by atoms with Crippen molar-refractivity contribution < 1.29 is 46.3 Å². The van der Waals surface area contributed by atoms with Gasteiger partial charge in [0.25, 0.3) is 5.56 Å². The lowest BCUT2D eigenvalue weighted by Crippen LogP contribution is -2.31. The molecule has 1 aromatic heterocycles. The van der Waals surface area contributed by atoms with Crippen molar-refractivity contribution >= 4 is 19.6 Å². The number of alkyl halides is 3. The highest BCUT2D eigenvalue weighted by molar-refractivity contribution is 7.99. The zero-order chi connectivity index (χ0) is 27.4. The van der Waals surface area contributed by atoms with Gasteiger partial charge in [0, 0.05) is 23.4 Å². The minimum Gasteiger partial charge on any atom is -0.493 e. The van der Waals surface area contributed by atoms with Crippen molar-refractivity contribution in [2.75, 3.05) is 13.7 Å². The Labute approximate surface area is 213 Å². The van der Waals surface area contributed by atoms with Crippen molar-refractivity contribution in [3.05, 3.63) is 65.2 Å². The highest BCUT2D eigenvalue weighted by Crippen LogP contribution is 2.41. The minimum atomic E-state index is -4.81. The molecule has 200 valence electrons. The van der Waals surface area contributed by atoms with Crippen molar-refractivity contribution in [2.45, 2.75) is 35.7 Å². The average molecular weight is 562 g/mol. The van der Waals surface area contributed by atoms with Gasteiger partial charge in [0.15, 0.2) is 16.5 Å². The number of hydrogen-bond donors (Lipinski definition) is 2. The van der Waals surface area contributed by atoms with E-state index in [4.69, 9.17) is 23.8 Å². The molecule has 0 atom stereocenters. The topological polar surface area (TPSA) is 129 Å². The number of phosphoric ester groups is 1. The third kappa shape index (κ3) is 8.51. The summed E-state index contributed by atoms with van der Waals surface area (Å²) in [7, 11) is -3.35. The molecule has 0 amide bonds. The van der Waals surface area contributed by atoms with E-state index in [9.17, 15) is 22.5 Å². The van der Waals surface area contributed by atoms with Crippen LogP contribution in [0.5, 0.6) is 17.2 Å². The molecule has 37 heavy (non-hydrogen) atoms. The summed E-state index contributed by atoms with van der Waals surface area (Å²) >= 11 is 0.963. The van der Waals surface area contributed by atoms with Crippen LogP contribution < -0.4 is 19.8 Å². The second kappa shape index (κ2) is 11.2. The first-order chi connectivity index (χ1) is 17.2. The number of ether oxygens (including phenoxy) is 3. The highest BCUT2D eigenvalue weighted by Gasteiger charge is 2.31. The van der Waals surface area contributed by atoms with E-state index in [0.29, 0.717) is 10.6 Å². The van der Waals surface area contributed by atoms with E-state index in [1.165, 1.54) is 62.2 Å². The Morgan fingerprint density at radius 3 is 2.35 bits per heavy atom. The van der Waals surface area contributed by atoms with Crippen molar-refractivity contribution in [3.8, 4) is 22.9 Å². The third-order valence-electron chi connectivity index (χ3n) is 4.45. The van der Waals surface area contributed by atoms with Gasteiger partial charge in [-0.25, -0.2) is 9.55 Å². The predicted octanol–water partition coefficient (Wildman–Crippen LogP) is 4.56. The number of halogens is 3. The number of rotatable bonds is 10. The second-order valence-electron chi connectivity index (χ2n) is 7.99. The van der Waals surface area contributed by atoms with Crippen molar-refractivity contribution in [1.82, 2.24) is 9.55 Å². The molecule has 1 heterocycles. The molecule has 0 unspecified atom stereocenters. The standard InChI is InChI=1S/C22H22F3N2O8PS/c1-21(2,35-36(29,30)31)13-33-17-9-4-14(12-18(17)32-3)27-11-10-26-19(20(27)28)37-16-7-5-15(6-8-16)34-22(23,24)25/h4-12H,13H2,1-3H3,(H2,29,30,31). The number of phosphoric acid groups is 1. The van der Waals surface area contributed by atoms with Gasteiger partial charge in [0.1, 0.15) is 18.0 Å². The molecule has 0 aliphatic carbocycles. The van der Waals surface area contributed by atoms with Crippen LogP contribution in [0.1, 0.15) is 13.8 Å². The Morgan fingerprint density at radius 1 is 1.08 bits per heavy atom. The maximum atomic E-state index is 13.0. The van der Waals surface area contributed by atoms with E-state index >= 15 is 0 Å². The summed E-state index contributed by atoms with van der Waals surface area (Å²) in [5.41, 5.74) is -1.40. The largest absolute Gasteiger partial charge is 0.573 e. The van der Waals surface area contributed by atoms with E-state index in [1.54, 1.807) is 6.07 Å². The zero-order valence-electron chi connectivity index (χ0n) is 19.6. The molecule has 2 N–H and O–H groups in total. The van der Waals surface area contributed by atoms with Crippen LogP contribution in [0, 0.1) is 0 Å². The van der Waals surface area contributed by atoms with Crippen LogP contribution in [-0.2, 0) is 9.09 Å². The SMILES string of the molecule is COc1cc(-n2ccnc(Sc3ccc(OC(F)(F)F)cc3)c2=O)ccc1OCC(C)(C)OP(=O)(O)O. The number of hydrogen-bond acceptors (Lipinski definition) is 8. The van der Waals surface area contributed by atoms with Crippen molar-refractivity contribution in [3.63, 3.8) is 0 Å². The lowest BCUT2D eigenvalue weighted by molar-refractivity contribution is -0.274. The molecule has 0 spiro atoms. The molecular weight excluding hydrogens is 540 g/mol. The number of methoxy groups -OCH3 is 1. The van der Waals surface area contributed by atoms with Gasteiger partial charge in [-0.2, -0.15) is 0 Å². The fraction of sp³-hybridized carbons (Fsp3) is 0.273. The molecule has 0 bridgehead atoms. The van der Waals surface area contributed by atoms with Crippen LogP contribution >= 0.6 is 19.6 Å². The molecule has 3 aromatic rings. The summed E-state index contributed by atoms with van der Waals surface area (Å²) in [5.74, 6) is 0.0931. The van der Waals surface area contributed by atoms with E-state index in [-0.39, 0.29) is 28.9 Å². The van der Waals surface area contributed by atoms with Crippen LogP contribution in [0.2, 0.25) is 0 Å². The van der Waals surface area contributed by atoms with E-state index in [1.807, 2.05) is 0 Å². The monoisotopic (exact) mass is 562 g/mol. The lowest BCUT2D eigenvalue weighted by atomic mass is 10.2. The molecular formula is C22H22F3N2O8PS. The van der Waals surface area contributed by atoms with Gasteiger partial charge in [-0.15, -0.1) is 13.2 Å². The number of benzene rings is 2. The van der Waals surface area contributed by atoms with Gasteiger partial charge in [-0.1, -0.05) is 11.8 Å². The summed E-state index contributed by atoms with van der Waals surface area (Å²) in [4.78, 5) is 35.7. The molecule has 3 rings (SSSR count). The fourth-order valence-corrected chi connectivity index (χ4v) is 4.50. The molecule has 0 aliphatic rings. The maximum absolute atomic E-state index is 13.0. The van der Waals surface area contributed by atoms with Crippen molar-refractivity contribution in [1.29, 1.82) is 0 Å². The molecule has 10 nitrogen and oxygen atoms in total. The third-order valence-corrected chi connectivity index (χ3v) is 6.16. The smallest absolute Gasteiger partial charge is 0.493 e. The molecule has 2 aromatic carbocycles. The normalized spacial score (nSPS) is 12.3. The first kappa shape index (κ1) is 28.5. The number of aromatic nitrogens is 2. The summed E-state index contributed by atoms with van der Waals surface area (Å²) in [6.45, 7) is 2.68.